The van der Waals surface area contributed by atoms with Gasteiger partial charge in [0.1, 0.15) is 5.69 Å². The molecule has 10 heteroatoms. The topological polar surface area (TPSA) is 86.3 Å². The van der Waals surface area contributed by atoms with E-state index in [4.69, 9.17) is 4.74 Å². The Morgan fingerprint density at radius 3 is 3.19 bits per heavy atom. The molecular weight excluding hydrogens is 372 g/mol. The third-order valence-electron chi connectivity index (χ3n) is 4.37. The first-order valence-corrected chi connectivity index (χ1v) is 10.3. The number of thioether (sulfide) groups is 1. The van der Waals surface area contributed by atoms with Crippen LogP contribution in [0.4, 0.5) is 0 Å². The van der Waals surface area contributed by atoms with Gasteiger partial charge in [0.25, 0.3) is 0 Å². The maximum atomic E-state index is 12.1. The number of hydrogen-bond acceptors (Lipinski definition) is 7. The highest BCUT2D eigenvalue weighted by Crippen LogP contribution is 2.27. The minimum Gasteiger partial charge on any atom is -0.376 e. The lowest BCUT2D eigenvalue weighted by atomic mass is 10.2. The fraction of sp³-hybridized carbons (Fsp3) is 0.500. The van der Waals surface area contributed by atoms with Crippen LogP contribution in [-0.2, 0) is 16.6 Å². The van der Waals surface area contributed by atoms with Gasteiger partial charge in [0.15, 0.2) is 15.9 Å². The molecule has 1 aliphatic rings. The van der Waals surface area contributed by atoms with E-state index in [2.05, 4.69) is 20.5 Å². The highest BCUT2D eigenvalue weighted by molar-refractivity contribution is 7.99. The molecule has 1 amide bonds. The van der Waals surface area contributed by atoms with E-state index in [1.165, 1.54) is 11.8 Å². The van der Waals surface area contributed by atoms with Gasteiger partial charge in [-0.1, -0.05) is 11.8 Å². The van der Waals surface area contributed by atoms with Crippen LogP contribution in [0.3, 0.4) is 0 Å². The first kappa shape index (κ1) is 17.5. The number of rotatable bonds is 6. The molecule has 0 spiro atoms. The Morgan fingerprint density at radius 2 is 2.38 bits per heavy atom. The summed E-state index contributed by atoms with van der Waals surface area (Å²) in [5.41, 5.74) is 1.85. The Bertz CT molecular complexity index is 925. The number of hydrogen-bond donors (Lipinski definition) is 1. The Hall–Kier alpha value is -1.91. The molecule has 0 unspecified atom stereocenters. The summed E-state index contributed by atoms with van der Waals surface area (Å²) in [6.07, 6.45) is 4.22. The lowest BCUT2D eigenvalue weighted by molar-refractivity contribution is -0.119. The van der Waals surface area contributed by atoms with Crippen molar-refractivity contribution in [1.82, 2.24) is 29.5 Å². The molecular formula is C16H20N6O2S2. The molecule has 0 radical (unpaired) electrons. The normalized spacial score (nSPS) is 17.2. The molecule has 0 aromatic carbocycles. The van der Waals surface area contributed by atoms with Crippen LogP contribution in [0.15, 0.2) is 16.7 Å². The highest BCUT2D eigenvalue weighted by atomic mass is 32.2. The molecule has 4 heterocycles. The number of imidazole rings is 1. The number of aromatic nitrogens is 5. The van der Waals surface area contributed by atoms with Gasteiger partial charge in [0.05, 0.1) is 17.6 Å². The van der Waals surface area contributed by atoms with Crippen LogP contribution in [0.25, 0.3) is 16.5 Å². The summed E-state index contributed by atoms with van der Waals surface area (Å²) in [7, 11) is 1.91. The van der Waals surface area contributed by atoms with Crippen molar-refractivity contribution in [2.75, 3.05) is 18.9 Å². The van der Waals surface area contributed by atoms with Gasteiger partial charge >= 0.3 is 0 Å². The van der Waals surface area contributed by atoms with Gasteiger partial charge in [-0.25, -0.2) is 4.98 Å². The summed E-state index contributed by atoms with van der Waals surface area (Å²) < 4.78 is 9.44. The van der Waals surface area contributed by atoms with Crippen LogP contribution in [0.2, 0.25) is 0 Å². The van der Waals surface area contributed by atoms with E-state index >= 15 is 0 Å². The molecule has 0 bridgehead atoms. The molecule has 4 rings (SSSR count). The van der Waals surface area contributed by atoms with Crippen molar-refractivity contribution in [3.8, 4) is 11.5 Å². The van der Waals surface area contributed by atoms with E-state index in [9.17, 15) is 4.79 Å². The third-order valence-corrected chi connectivity index (χ3v) is 6.14. The van der Waals surface area contributed by atoms with E-state index in [-0.39, 0.29) is 12.0 Å². The fourth-order valence-corrected chi connectivity index (χ4v) is 4.52. The van der Waals surface area contributed by atoms with Crippen LogP contribution < -0.4 is 5.32 Å². The van der Waals surface area contributed by atoms with Gasteiger partial charge in [-0.15, -0.1) is 21.5 Å². The van der Waals surface area contributed by atoms with Crippen LogP contribution in [-0.4, -0.2) is 55.1 Å². The molecule has 1 atom stereocenters. The number of aryl methyl sites for hydroxylation is 1. The molecule has 0 aliphatic carbocycles. The van der Waals surface area contributed by atoms with Crippen molar-refractivity contribution in [2.45, 2.75) is 31.0 Å². The summed E-state index contributed by atoms with van der Waals surface area (Å²) >= 11 is 2.96. The number of thiazole rings is 1. The Balaban J connectivity index is 1.42. The Morgan fingerprint density at radius 1 is 1.50 bits per heavy atom. The third kappa shape index (κ3) is 3.36. The van der Waals surface area contributed by atoms with Gasteiger partial charge in [0.2, 0.25) is 5.91 Å². The number of carbonyl (C=O) groups is 1. The van der Waals surface area contributed by atoms with Crippen molar-refractivity contribution < 1.29 is 9.53 Å². The maximum Gasteiger partial charge on any atom is 0.230 e. The summed E-state index contributed by atoms with van der Waals surface area (Å²) in [6, 6.07) is 0. The van der Waals surface area contributed by atoms with Crippen LogP contribution in [0.5, 0.6) is 0 Å². The highest BCUT2D eigenvalue weighted by Gasteiger charge is 2.20. The van der Waals surface area contributed by atoms with E-state index in [1.54, 1.807) is 11.3 Å². The molecule has 3 aromatic heterocycles. The van der Waals surface area contributed by atoms with Crippen LogP contribution in [0.1, 0.15) is 18.5 Å². The molecule has 0 saturated carbocycles. The summed E-state index contributed by atoms with van der Waals surface area (Å²) in [5.74, 6) is 1.03. The lowest BCUT2D eigenvalue weighted by Crippen LogP contribution is -2.32. The first-order valence-electron chi connectivity index (χ1n) is 8.46. The predicted octanol–water partition coefficient (Wildman–Crippen LogP) is 1.89. The standard InChI is InChI=1S/C16H20N6O2S2/c1-10-13(22-5-7-25-15(22)18-10)14-19-20-16(21(14)2)26-9-12(23)17-8-11-4-3-6-24-11/h5,7,11H,3-4,6,8-9H2,1-2H3,(H,17,23)/t11-/m1/s1. The number of fused-ring (bicyclic) bond motifs is 1. The van der Waals surface area contributed by atoms with E-state index < -0.39 is 0 Å². The minimum absolute atomic E-state index is 0.0178. The quantitative estimate of drug-likeness (QED) is 0.645. The van der Waals surface area contributed by atoms with Crippen LogP contribution in [0, 0.1) is 6.92 Å². The van der Waals surface area contributed by atoms with Crippen molar-refractivity contribution in [3.63, 3.8) is 0 Å². The molecule has 1 saturated heterocycles. The van der Waals surface area contributed by atoms with Crippen molar-refractivity contribution in [2.24, 2.45) is 7.05 Å². The summed E-state index contributed by atoms with van der Waals surface area (Å²) in [4.78, 5) is 17.5. The average molecular weight is 393 g/mol. The summed E-state index contributed by atoms with van der Waals surface area (Å²) in [6.45, 7) is 3.34. The van der Waals surface area contributed by atoms with Crippen molar-refractivity contribution in [3.05, 3.63) is 17.3 Å². The van der Waals surface area contributed by atoms with Gasteiger partial charge in [-0.05, 0) is 19.8 Å². The number of carbonyl (C=O) groups excluding carboxylic acids is 1. The Labute approximate surface area is 159 Å². The van der Waals surface area contributed by atoms with Gasteiger partial charge in [0, 0.05) is 31.8 Å². The number of nitrogens with zero attached hydrogens (tertiary/aromatic N) is 5. The molecule has 138 valence electrons. The smallest absolute Gasteiger partial charge is 0.230 e. The van der Waals surface area contributed by atoms with Gasteiger partial charge in [-0.2, -0.15) is 0 Å². The van der Waals surface area contributed by atoms with E-state index in [0.717, 1.165) is 41.6 Å². The number of nitrogens with one attached hydrogen (secondary N) is 1. The SMILES string of the molecule is Cc1nc2sccn2c1-c1nnc(SCC(=O)NC[C@H]2CCCO2)n1C. The molecule has 26 heavy (non-hydrogen) atoms. The van der Waals surface area contributed by atoms with Crippen LogP contribution >= 0.6 is 23.1 Å². The lowest BCUT2D eigenvalue weighted by Gasteiger charge is -2.10. The minimum atomic E-state index is -0.0178. The second kappa shape index (κ2) is 7.37. The monoisotopic (exact) mass is 392 g/mol. The van der Waals surface area contributed by atoms with E-state index in [1.807, 2.05) is 34.5 Å². The van der Waals surface area contributed by atoms with Crippen molar-refractivity contribution >= 4 is 34.0 Å². The van der Waals surface area contributed by atoms with Gasteiger partial charge in [-0.3, -0.25) is 9.20 Å². The molecule has 8 nitrogen and oxygen atoms in total. The maximum absolute atomic E-state index is 12.1. The zero-order valence-electron chi connectivity index (χ0n) is 14.6. The van der Waals surface area contributed by atoms with Gasteiger partial charge < -0.3 is 14.6 Å². The second-order valence-electron chi connectivity index (χ2n) is 6.19. The molecule has 1 aliphatic heterocycles. The molecule has 1 N–H and O–H groups in total. The number of amides is 1. The van der Waals surface area contributed by atoms with Crippen molar-refractivity contribution in [1.29, 1.82) is 0 Å². The average Bonchev–Trinajstić information content (AvgIpc) is 3.38. The second-order valence-corrected chi connectivity index (χ2v) is 8.01. The summed E-state index contributed by atoms with van der Waals surface area (Å²) in [5, 5.41) is 14.2. The Kier molecular flexibility index (Phi) is 4.96. The molecule has 1 fully saturated rings. The first-order chi connectivity index (χ1) is 12.6. The predicted molar refractivity (Wildman–Crippen MR) is 101 cm³/mol. The largest absolute Gasteiger partial charge is 0.376 e. The zero-order valence-corrected chi connectivity index (χ0v) is 16.3. The zero-order chi connectivity index (χ0) is 18.1. The number of ether oxygens (including phenoxy) is 1. The van der Waals surface area contributed by atoms with E-state index in [0.29, 0.717) is 17.5 Å². The molecule has 3 aromatic rings. The fourth-order valence-electron chi connectivity index (χ4n) is 3.02.